The molecule has 0 spiro atoms. The lowest BCUT2D eigenvalue weighted by molar-refractivity contribution is 0.277. The second-order valence-corrected chi connectivity index (χ2v) is 7.46. The van der Waals surface area contributed by atoms with Crippen LogP contribution in [0.1, 0.15) is 5.56 Å². The normalized spacial score (nSPS) is 10.9. The monoisotopic (exact) mass is 502 g/mol. The van der Waals surface area contributed by atoms with Gasteiger partial charge in [-0.15, -0.1) is 0 Å². The first-order valence-electron chi connectivity index (χ1n) is 8.80. The van der Waals surface area contributed by atoms with Gasteiger partial charge in [0.25, 0.3) is 5.56 Å². The van der Waals surface area contributed by atoms with Gasteiger partial charge in [0.2, 0.25) is 0 Å². The van der Waals surface area contributed by atoms with E-state index >= 15 is 0 Å². The maximum Gasteiger partial charge on any atom is 0.259 e. The van der Waals surface area contributed by atoms with Crippen molar-refractivity contribution in [1.82, 2.24) is 9.97 Å². The molecule has 0 saturated heterocycles. The highest BCUT2D eigenvalue weighted by molar-refractivity contribution is 14.1. The summed E-state index contributed by atoms with van der Waals surface area (Å²) < 4.78 is 26.0. The Morgan fingerprint density at radius 1 is 1.10 bits per heavy atom. The van der Waals surface area contributed by atoms with E-state index < -0.39 is 0 Å². The largest absolute Gasteiger partial charge is 0.493 e. The highest BCUT2D eigenvalue weighted by atomic mass is 127. The number of nitrogens with one attached hydrogen (secondary N) is 1. The average Bonchev–Trinajstić information content (AvgIpc) is 2.73. The average molecular weight is 502 g/mol. The number of ether oxygens (including phenoxy) is 2. The molecular weight excluding hydrogens is 486 g/mol. The summed E-state index contributed by atoms with van der Waals surface area (Å²) in [5.41, 5.74) is 1.54. The van der Waals surface area contributed by atoms with Crippen molar-refractivity contribution in [2.24, 2.45) is 0 Å². The van der Waals surface area contributed by atoms with Crippen molar-refractivity contribution in [3.8, 4) is 22.9 Å². The van der Waals surface area contributed by atoms with E-state index in [1.165, 1.54) is 13.2 Å². The van der Waals surface area contributed by atoms with Gasteiger partial charge in [-0.25, -0.2) is 9.37 Å². The molecule has 4 aromatic rings. The maximum absolute atomic E-state index is 13.9. The standard InChI is InChI=1S/C22H16FIN2O3/c1-28-19-11-14(21-25-18-9-5-3-7-15(18)22(27)26-21)10-17(24)20(19)29-12-13-6-2-4-8-16(13)23/h2-11H,12H2,1H3,(H,25,26,27). The molecule has 0 aliphatic rings. The molecule has 0 unspecified atom stereocenters. The first kappa shape index (κ1) is 19.4. The molecule has 3 aromatic carbocycles. The van der Waals surface area contributed by atoms with Crippen molar-refractivity contribution < 1.29 is 13.9 Å². The Morgan fingerprint density at radius 3 is 2.66 bits per heavy atom. The third-order valence-corrected chi connectivity index (χ3v) is 5.25. The van der Waals surface area contributed by atoms with E-state index in [4.69, 9.17) is 9.47 Å². The van der Waals surface area contributed by atoms with Crippen molar-refractivity contribution in [1.29, 1.82) is 0 Å². The molecule has 0 aliphatic carbocycles. The number of nitrogens with zero attached hydrogens (tertiary/aromatic N) is 1. The fourth-order valence-corrected chi connectivity index (χ4v) is 3.74. The number of hydrogen-bond donors (Lipinski definition) is 1. The minimum atomic E-state index is -0.323. The van der Waals surface area contributed by atoms with E-state index in [9.17, 15) is 9.18 Å². The van der Waals surface area contributed by atoms with E-state index in [2.05, 4.69) is 32.6 Å². The van der Waals surface area contributed by atoms with Crippen LogP contribution in [0.25, 0.3) is 22.3 Å². The fraction of sp³-hybridized carbons (Fsp3) is 0.0909. The highest BCUT2D eigenvalue weighted by Crippen LogP contribution is 2.37. The predicted octanol–water partition coefficient (Wildman–Crippen LogP) is 4.92. The number of hydrogen-bond acceptors (Lipinski definition) is 4. The van der Waals surface area contributed by atoms with Crippen molar-refractivity contribution >= 4 is 33.5 Å². The molecule has 0 fully saturated rings. The number of H-pyrrole nitrogens is 1. The van der Waals surface area contributed by atoms with Crippen molar-refractivity contribution in [3.05, 3.63) is 86.0 Å². The van der Waals surface area contributed by atoms with E-state index in [0.29, 0.717) is 39.4 Å². The predicted molar refractivity (Wildman–Crippen MR) is 118 cm³/mol. The number of fused-ring (bicyclic) bond motifs is 1. The number of rotatable bonds is 5. The van der Waals surface area contributed by atoms with Gasteiger partial charge in [0.15, 0.2) is 11.5 Å². The van der Waals surface area contributed by atoms with Gasteiger partial charge in [0, 0.05) is 11.1 Å². The van der Waals surface area contributed by atoms with Crippen LogP contribution in [0.4, 0.5) is 4.39 Å². The van der Waals surface area contributed by atoms with E-state index in [0.717, 1.165) is 3.57 Å². The second kappa shape index (κ2) is 8.20. The SMILES string of the molecule is COc1cc(-c2nc3ccccc3c(=O)[nH]2)cc(I)c1OCc1ccccc1F. The molecule has 1 heterocycles. The molecule has 29 heavy (non-hydrogen) atoms. The molecule has 0 amide bonds. The molecule has 4 rings (SSSR count). The zero-order valence-electron chi connectivity index (χ0n) is 15.4. The Kier molecular flexibility index (Phi) is 5.48. The van der Waals surface area contributed by atoms with Crippen LogP contribution >= 0.6 is 22.6 Å². The van der Waals surface area contributed by atoms with Gasteiger partial charge in [-0.1, -0.05) is 30.3 Å². The zero-order chi connectivity index (χ0) is 20.4. The first-order valence-corrected chi connectivity index (χ1v) is 9.88. The summed E-state index contributed by atoms with van der Waals surface area (Å²) in [6, 6.07) is 17.2. The van der Waals surface area contributed by atoms with Gasteiger partial charge in [0.1, 0.15) is 18.2 Å². The number of benzene rings is 3. The van der Waals surface area contributed by atoms with Crippen LogP contribution in [-0.2, 0) is 6.61 Å². The van der Waals surface area contributed by atoms with Crippen LogP contribution in [-0.4, -0.2) is 17.1 Å². The van der Waals surface area contributed by atoms with Crippen LogP contribution < -0.4 is 15.0 Å². The third-order valence-electron chi connectivity index (χ3n) is 4.45. The van der Waals surface area contributed by atoms with Gasteiger partial charge in [-0.05, 0) is 52.9 Å². The minimum absolute atomic E-state index is 0.0729. The smallest absolute Gasteiger partial charge is 0.259 e. The summed E-state index contributed by atoms with van der Waals surface area (Å²) in [5, 5.41) is 0.530. The summed E-state index contributed by atoms with van der Waals surface area (Å²) in [4.78, 5) is 19.7. The highest BCUT2D eigenvalue weighted by Gasteiger charge is 2.15. The van der Waals surface area contributed by atoms with Gasteiger partial charge in [-0.2, -0.15) is 0 Å². The molecule has 0 aliphatic heterocycles. The van der Waals surface area contributed by atoms with Crippen molar-refractivity contribution in [2.75, 3.05) is 7.11 Å². The summed E-state index contributed by atoms with van der Waals surface area (Å²) in [5.74, 6) is 1.09. The van der Waals surface area contributed by atoms with Crippen LogP contribution in [0, 0.1) is 9.39 Å². The molecule has 7 heteroatoms. The summed E-state index contributed by atoms with van der Waals surface area (Å²) in [7, 11) is 1.53. The number of methoxy groups -OCH3 is 1. The third kappa shape index (κ3) is 3.95. The maximum atomic E-state index is 13.9. The first-order chi connectivity index (χ1) is 14.1. The molecule has 0 bridgehead atoms. The number of aromatic nitrogens is 2. The number of aromatic amines is 1. The molecule has 1 aromatic heterocycles. The Balaban J connectivity index is 1.71. The minimum Gasteiger partial charge on any atom is -0.493 e. The lowest BCUT2D eigenvalue weighted by Gasteiger charge is -2.15. The Morgan fingerprint density at radius 2 is 1.86 bits per heavy atom. The summed E-state index contributed by atoms with van der Waals surface area (Å²) in [6.07, 6.45) is 0. The zero-order valence-corrected chi connectivity index (χ0v) is 17.6. The quantitative estimate of drug-likeness (QED) is 0.394. The topological polar surface area (TPSA) is 64.2 Å². The van der Waals surface area contributed by atoms with Gasteiger partial charge in [-0.3, -0.25) is 4.79 Å². The molecule has 0 atom stereocenters. The molecule has 0 radical (unpaired) electrons. The fourth-order valence-electron chi connectivity index (χ4n) is 2.99. The van der Waals surface area contributed by atoms with Crippen LogP contribution in [0.2, 0.25) is 0 Å². The Bertz CT molecular complexity index is 1260. The molecule has 146 valence electrons. The van der Waals surface area contributed by atoms with Crippen LogP contribution in [0.15, 0.2) is 65.5 Å². The lowest BCUT2D eigenvalue weighted by atomic mass is 10.1. The molecule has 1 N–H and O–H groups in total. The van der Waals surface area contributed by atoms with Crippen molar-refractivity contribution in [3.63, 3.8) is 0 Å². The summed E-state index contributed by atoms with van der Waals surface area (Å²) >= 11 is 2.12. The van der Waals surface area contributed by atoms with Crippen LogP contribution in [0.5, 0.6) is 11.5 Å². The molecule has 0 saturated carbocycles. The van der Waals surface area contributed by atoms with E-state index in [1.54, 1.807) is 42.5 Å². The molecule has 5 nitrogen and oxygen atoms in total. The Labute approximate surface area is 179 Å². The number of halogens is 2. The van der Waals surface area contributed by atoms with Gasteiger partial charge >= 0.3 is 0 Å². The van der Waals surface area contributed by atoms with Crippen molar-refractivity contribution in [2.45, 2.75) is 6.61 Å². The lowest BCUT2D eigenvalue weighted by Crippen LogP contribution is -2.09. The number of para-hydroxylation sites is 1. The summed E-state index contributed by atoms with van der Waals surface area (Å²) in [6.45, 7) is 0.0729. The Hall–Kier alpha value is -2.94. The van der Waals surface area contributed by atoms with E-state index in [-0.39, 0.29) is 18.0 Å². The van der Waals surface area contributed by atoms with Gasteiger partial charge < -0.3 is 14.5 Å². The molecular formula is C22H16FIN2O3. The van der Waals surface area contributed by atoms with Gasteiger partial charge in [0.05, 0.1) is 21.6 Å². The van der Waals surface area contributed by atoms with E-state index in [1.807, 2.05) is 12.1 Å². The van der Waals surface area contributed by atoms with Crippen LogP contribution in [0.3, 0.4) is 0 Å². The second-order valence-electron chi connectivity index (χ2n) is 6.30.